The number of sulfonamides is 1. The largest absolute Gasteiger partial charge is 0.303 e. The molecule has 1 saturated heterocycles. The molecule has 0 aliphatic carbocycles. The first kappa shape index (κ1) is 21.8. The molecule has 1 amide bonds. The lowest BCUT2D eigenvalue weighted by atomic mass is 10.0. The van der Waals surface area contributed by atoms with E-state index in [-0.39, 0.29) is 15.4 Å². The Morgan fingerprint density at radius 2 is 2.03 bits per heavy atom. The minimum atomic E-state index is -3.73. The predicted molar refractivity (Wildman–Crippen MR) is 114 cm³/mol. The maximum atomic E-state index is 12.4. The molecule has 1 aliphatic rings. The van der Waals surface area contributed by atoms with Crippen LogP contribution in [0.25, 0.3) is 0 Å². The van der Waals surface area contributed by atoms with Crippen molar-refractivity contribution in [1.29, 1.82) is 0 Å². The van der Waals surface area contributed by atoms with E-state index >= 15 is 0 Å². The van der Waals surface area contributed by atoms with E-state index in [0.29, 0.717) is 18.0 Å². The molecule has 1 aliphatic heterocycles. The molecule has 2 N–H and O–H groups in total. The van der Waals surface area contributed by atoms with Crippen molar-refractivity contribution in [2.24, 2.45) is 5.92 Å². The van der Waals surface area contributed by atoms with Crippen molar-refractivity contribution >= 4 is 32.4 Å². The Morgan fingerprint density at radius 3 is 2.76 bits per heavy atom. The molecule has 8 nitrogen and oxygen atoms in total. The van der Waals surface area contributed by atoms with Gasteiger partial charge in [0, 0.05) is 18.7 Å². The van der Waals surface area contributed by atoms with E-state index in [1.165, 1.54) is 12.8 Å². The zero-order valence-corrected chi connectivity index (χ0v) is 18.4. The number of carbonyl (C=O) groups excluding carboxylic acids is 1. The van der Waals surface area contributed by atoms with Crippen LogP contribution in [-0.2, 0) is 10.0 Å². The minimum Gasteiger partial charge on any atom is -0.303 e. The molecule has 1 fully saturated rings. The molecule has 1 unspecified atom stereocenters. The summed E-state index contributed by atoms with van der Waals surface area (Å²) in [7, 11) is -3.73. The Morgan fingerprint density at radius 1 is 1.28 bits per heavy atom. The van der Waals surface area contributed by atoms with Crippen LogP contribution >= 0.6 is 11.3 Å². The number of benzene rings is 1. The molecular weight excluding hydrogens is 410 g/mol. The fourth-order valence-corrected chi connectivity index (χ4v) is 5.31. The van der Waals surface area contributed by atoms with Crippen molar-refractivity contribution < 1.29 is 13.2 Å². The standard InChI is InChI=1S/C19H27N5O3S2/c1-14-6-8-16(9-7-14)17(25)21-18-22-23-19(28-18)29(26,27)20-10-4-12-24-11-3-5-15(2)13-24/h6-9,15,20H,3-5,10-13H2,1-2H3,(H,21,22,25). The first-order valence-electron chi connectivity index (χ1n) is 9.77. The number of aromatic nitrogens is 2. The fourth-order valence-electron chi connectivity index (χ4n) is 3.30. The van der Waals surface area contributed by atoms with Gasteiger partial charge < -0.3 is 4.90 Å². The number of piperidine rings is 1. The van der Waals surface area contributed by atoms with Crippen LogP contribution in [0.15, 0.2) is 28.6 Å². The lowest BCUT2D eigenvalue weighted by molar-refractivity contribution is 0.102. The molecule has 0 spiro atoms. The quantitative estimate of drug-likeness (QED) is 0.486. The van der Waals surface area contributed by atoms with Crippen molar-refractivity contribution in [3.63, 3.8) is 0 Å². The summed E-state index contributed by atoms with van der Waals surface area (Å²) in [6.45, 7) is 7.56. The third-order valence-corrected chi connectivity index (χ3v) is 7.52. The van der Waals surface area contributed by atoms with Crippen LogP contribution in [0.4, 0.5) is 5.13 Å². The normalized spacial score (nSPS) is 17.9. The molecule has 2 aromatic rings. The average molecular weight is 438 g/mol. The van der Waals surface area contributed by atoms with Crippen molar-refractivity contribution in [2.45, 2.75) is 37.4 Å². The van der Waals surface area contributed by atoms with E-state index < -0.39 is 10.0 Å². The number of nitrogens with zero attached hydrogens (tertiary/aromatic N) is 3. The molecule has 158 valence electrons. The molecule has 1 atom stereocenters. The van der Waals surface area contributed by atoms with Gasteiger partial charge in [0.2, 0.25) is 9.47 Å². The van der Waals surface area contributed by atoms with Gasteiger partial charge in [-0.2, -0.15) is 0 Å². The van der Waals surface area contributed by atoms with Crippen molar-refractivity contribution in [3.05, 3.63) is 35.4 Å². The highest BCUT2D eigenvalue weighted by molar-refractivity contribution is 7.91. The Balaban J connectivity index is 1.49. The van der Waals surface area contributed by atoms with Gasteiger partial charge in [-0.1, -0.05) is 36.0 Å². The van der Waals surface area contributed by atoms with Crippen molar-refractivity contribution in [3.8, 4) is 0 Å². The van der Waals surface area contributed by atoms with E-state index in [9.17, 15) is 13.2 Å². The van der Waals surface area contributed by atoms with E-state index in [0.717, 1.165) is 43.0 Å². The lowest BCUT2D eigenvalue weighted by Gasteiger charge is -2.30. The predicted octanol–water partition coefficient (Wildman–Crippen LogP) is 2.50. The third kappa shape index (κ3) is 6.30. The van der Waals surface area contributed by atoms with E-state index in [4.69, 9.17) is 0 Å². The van der Waals surface area contributed by atoms with Gasteiger partial charge in [-0.15, -0.1) is 10.2 Å². The summed E-state index contributed by atoms with van der Waals surface area (Å²) < 4.78 is 27.2. The summed E-state index contributed by atoms with van der Waals surface area (Å²) in [6, 6.07) is 7.07. The number of amides is 1. The smallest absolute Gasteiger partial charge is 0.269 e. The maximum Gasteiger partial charge on any atom is 0.269 e. The van der Waals surface area contributed by atoms with E-state index in [2.05, 4.69) is 32.1 Å². The number of likely N-dealkylation sites (tertiary alicyclic amines) is 1. The van der Waals surface area contributed by atoms with Gasteiger partial charge in [-0.3, -0.25) is 10.1 Å². The number of aryl methyl sites for hydroxylation is 1. The minimum absolute atomic E-state index is 0.150. The molecule has 3 rings (SSSR count). The van der Waals surface area contributed by atoms with Gasteiger partial charge in [-0.05, 0) is 57.3 Å². The van der Waals surface area contributed by atoms with Crippen molar-refractivity contribution in [2.75, 3.05) is 31.5 Å². The fraction of sp³-hybridized carbons (Fsp3) is 0.526. The topological polar surface area (TPSA) is 104 Å². The Hall–Kier alpha value is -1.88. The number of hydrogen-bond donors (Lipinski definition) is 2. The van der Waals surface area contributed by atoms with Crippen LogP contribution in [0.3, 0.4) is 0 Å². The molecule has 0 radical (unpaired) electrons. The first-order chi connectivity index (χ1) is 13.8. The van der Waals surface area contributed by atoms with Crippen LogP contribution in [0.1, 0.15) is 42.1 Å². The number of nitrogens with one attached hydrogen (secondary N) is 2. The van der Waals surface area contributed by atoms with Crippen molar-refractivity contribution in [1.82, 2.24) is 19.8 Å². The second-order valence-corrected chi connectivity index (χ2v) is 10.4. The highest BCUT2D eigenvalue weighted by atomic mass is 32.2. The molecule has 29 heavy (non-hydrogen) atoms. The molecule has 1 aromatic carbocycles. The van der Waals surface area contributed by atoms with E-state index in [1.807, 2.05) is 19.1 Å². The molecule has 0 saturated carbocycles. The number of hydrogen-bond acceptors (Lipinski definition) is 7. The lowest BCUT2D eigenvalue weighted by Crippen LogP contribution is -2.36. The Bertz CT molecular complexity index is 928. The van der Waals surface area contributed by atoms with Gasteiger partial charge >= 0.3 is 0 Å². The average Bonchev–Trinajstić information content (AvgIpc) is 3.15. The number of carbonyl (C=O) groups is 1. The molecule has 10 heteroatoms. The van der Waals surface area contributed by atoms with Gasteiger partial charge in [0.25, 0.3) is 15.9 Å². The molecule has 1 aromatic heterocycles. The van der Waals surface area contributed by atoms with Crippen LogP contribution < -0.4 is 10.0 Å². The van der Waals surface area contributed by atoms with Gasteiger partial charge in [0.05, 0.1) is 0 Å². The van der Waals surface area contributed by atoms with Gasteiger partial charge in [0.15, 0.2) is 0 Å². The monoisotopic (exact) mass is 437 g/mol. The Kier molecular flexibility index (Phi) is 7.33. The van der Waals surface area contributed by atoms with Crippen LogP contribution in [0, 0.1) is 12.8 Å². The maximum absolute atomic E-state index is 12.4. The zero-order chi connectivity index (χ0) is 20.9. The summed E-state index contributed by atoms with van der Waals surface area (Å²) >= 11 is 0.837. The highest BCUT2D eigenvalue weighted by Gasteiger charge is 2.21. The van der Waals surface area contributed by atoms with Gasteiger partial charge in [-0.25, -0.2) is 13.1 Å². The second-order valence-electron chi connectivity index (χ2n) is 7.49. The SMILES string of the molecule is Cc1ccc(C(=O)Nc2nnc(S(=O)(=O)NCCCN3CCCC(C)C3)s2)cc1. The molecular formula is C19H27N5O3S2. The third-order valence-electron chi connectivity index (χ3n) is 4.85. The second kappa shape index (κ2) is 9.75. The van der Waals surface area contributed by atoms with E-state index in [1.54, 1.807) is 12.1 Å². The summed E-state index contributed by atoms with van der Waals surface area (Å²) in [5.41, 5.74) is 1.52. The highest BCUT2D eigenvalue weighted by Crippen LogP contribution is 2.20. The van der Waals surface area contributed by atoms with Gasteiger partial charge in [0.1, 0.15) is 0 Å². The Labute approximate surface area is 175 Å². The van der Waals surface area contributed by atoms with Crippen LogP contribution in [0.5, 0.6) is 0 Å². The first-order valence-corrected chi connectivity index (χ1v) is 12.1. The molecule has 2 heterocycles. The number of anilines is 1. The summed E-state index contributed by atoms with van der Waals surface area (Å²) in [5, 5.41) is 10.2. The number of rotatable bonds is 8. The summed E-state index contributed by atoms with van der Waals surface area (Å²) in [4.78, 5) is 14.6. The van der Waals surface area contributed by atoms with Crippen LogP contribution in [0.2, 0.25) is 0 Å². The zero-order valence-electron chi connectivity index (χ0n) is 16.7. The summed E-state index contributed by atoms with van der Waals surface area (Å²) in [5.74, 6) is 0.351. The molecule has 0 bridgehead atoms. The van der Waals surface area contributed by atoms with Crippen LogP contribution in [-0.4, -0.2) is 55.6 Å². The summed E-state index contributed by atoms with van der Waals surface area (Å²) in [6.07, 6.45) is 3.21.